The summed E-state index contributed by atoms with van der Waals surface area (Å²) < 4.78 is 11.3. The monoisotopic (exact) mass is 434 g/mol. The molecule has 0 radical (unpaired) electrons. The third kappa shape index (κ3) is 4.53. The Hall–Kier alpha value is -4.74. The Balaban J connectivity index is 1.45. The molecule has 4 rings (SSSR count). The molecule has 0 aliphatic heterocycles. The van der Waals surface area contributed by atoms with Gasteiger partial charge in [0.15, 0.2) is 17.3 Å². The zero-order valence-corrected chi connectivity index (χ0v) is 16.5. The second kappa shape index (κ2) is 8.95. The fourth-order valence-corrected chi connectivity index (χ4v) is 2.92. The summed E-state index contributed by atoms with van der Waals surface area (Å²) in [5, 5.41) is 21.7. The highest BCUT2D eigenvalue weighted by Gasteiger charge is 2.20. The van der Waals surface area contributed by atoms with E-state index in [-0.39, 0.29) is 18.1 Å². The molecule has 12 heteroatoms. The number of nitrogen functional groups attached to an aromatic ring is 1. The molecule has 1 amide bonds. The lowest BCUT2D eigenvalue weighted by atomic mass is 10.2. The molecule has 0 unspecified atom stereocenters. The number of nitrogens with one attached hydrogen (secondary N) is 1. The van der Waals surface area contributed by atoms with Crippen molar-refractivity contribution in [3.05, 3.63) is 54.1 Å². The molecule has 2 heterocycles. The van der Waals surface area contributed by atoms with Crippen LogP contribution in [0.2, 0.25) is 0 Å². The van der Waals surface area contributed by atoms with Crippen LogP contribution in [0, 0.1) is 0 Å². The van der Waals surface area contributed by atoms with Gasteiger partial charge in [0.05, 0.1) is 23.2 Å². The van der Waals surface area contributed by atoms with Gasteiger partial charge in [0, 0.05) is 0 Å². The number of carboxylic acid groups (broad SMARTS) is 1. The minimum Gasteiger partial charge on any atom is -0.546 e. The molecule has 2 aromatic heterocycles. The lowest BCUT2D eigenvalue weighted by Crippen LogP contribution is -2.28. The van der Waals surface area contributed by atoms with Gasteiger partial charge in [-0.05, 0) is 52.3 Å². The number of carboxylic acids is 1. The van der Waals surface area contributed by atoms with Crippen molar-refractivity contribution in [2.75, 3.05) is 12.3 Å². The smallest absolute Gasteiger partial charge is 0.260 e. The van der Waals surface area contributed by atoms with Crippen LogP contribution < -0.4 is 21.0 Å². The maximum atomic E-state index is 12.5. The molecule has 0 bridgehead atoms. The molecule has 32 heavy (non-hydrogen) atoms. The Morgan fingerprint density at radius 3 is 2.69 bits per heavy atom. The lowest BCUT2D eigenvalue weighted by Gasteiger charge is -2.07. The number of rotatable bonds is 8. The minimum atomic E-state index is -1.31. The third-order valence-electron chi connectivity index (χ3n) is 4.32. The zero-order valence-electron chi connectivity index (χ0n) is 16.5. The fraction of sp³-hybridized carbons (Fsp3) is 0.100. The van der Waals surface area contributed by atoms with E-state index in [0.717, 1.165) is 0 Å². The molecule has 12 nitrogen and oxygen atoms in total. The van der Waals surface area contributed by atoms with Crippen LogP contribution in [0.15, 0.2) is 58.3 Å². The number of hydrogen-bond donors (Lipinski definition) is 2. The first-order valence-electron chi connectivity index (χ1n) is 9.29. The highest BCUT2D eigenvalue weighted by atomic mass is 16.6. The maximum Gasteiger partial charge on any atom is 0.260 e. The van der Waals surface area contributed by atoms with Gasteiger partial charge in [0.1, 0.15) is 18.9 Å². The Labute approximate surface area is 180 Å². The van der Waals surface area contributed by atoms with Crippen LogP contribution >= 0.6 is 0 Å². The van der Waals surface area contributed by atoms with Crippen molar-refractivity contribution in [1.29, 1.82) is 0 Å². The van der Waals surface area contributed by atoms with Crippen LogP contribution in [0.4, 0.5) is 5.82 Å². The van der Waals surface area contributed by atoms with E-state index >= 15 is 0 Å². The van der Waals surface area contributed by atoms with E-state index in [2.05, 4.69) is 30.5 Å². The van der Waals surface area contributed by atoms with Gasteiger partial charge in [0.2, 0.25) is 0 Å². The second-order valence-electron chi connectivity index (χ2n) is 6.53. The second-order valence-corrected chi connectivity index (χ2v) is 6.53. The Kier molecular flexibility index (Phi) is 5.74. The van der Waals surface area contributed by atoms with Crippen LogP contribution in [0.3, 0.4) is 0 Å². The number of hydrogen-bond acceptors (Lipinski definition) is 10. The molecule has 162 valence electrons. The number of nitrogens with zero attached hydrogens (tertiary/aromatic N) is 5. The summed E-state index contributed by atoms with van der Waals surface area (Å²) >= 11 is 0. The molecule has 3 N–H and O–H groups in total. The first kappa shape index (κ1) is 20.5. The van der Waals surface area contributed by atoms with Crippen molar-refractivity contribution in [2.24, 2.45) is 5.10 Å². The molecular formula is C20H16N7O5-. The van der Waals surface area contributed by atoms with Crippen molar-refractivity contribution in [1.82, 2.24) is 25.3 Å². The first-order chi connectivity index (χ1) is 15.5. The average molecular weight is 434 g/mol. The van der Waals surface area contributed by atoms with E-state index in [9.17, 15) is 14.7 Å². The molecule has 0 fully saturated rings. The van der Waals surface area contributed by atoms with Crippen LogP contribution in [0.25, 0.3) is 22.6 Å². The van der Waals surface area contributed by atoms with Crippen LogP contribution in [0.1, 0.15) is 5.56 Å². The summed E-state index contributed by atoms with van der Waals surface area (Å²) in [4.78, 5) is 27.4. The van der Waals surface area contributed by atoms with Gasteiger partial charge in [0.25, 0.3) is 5.91 Å². The number of hydrazone groups is 1. The van der Waals surface area contributed by atoms with Crippen LogP contribution in [0.5, 0.6) is 5.75 Å². The van der Waals surface area contributed by atoms with Crippen LogP contribution in [-0.2, 0) is 16.1 Å². The first-order valence-corrected chi connectivity index (χ1v) is 9.29. The minimum absolute atomic E-state index is 0.0621. The number of nitrogens with two attached hydrogens (primary N) is 1. The molecule has 0 atom stereocenters. The van der Waals surface area contributed by atoms with Gasteiger partial charge in [-0.2, -0.15) is 5.10 Å². The Bertz CT molecular complexity index is 1290. The van der Waals surface area contributed by atoms with Gasteiger partial charge >= 0.3 is 0 Å². The highest BCUT2D eigenvalue weighted by Crippen LogP contribution is 2.26. The van der Waals surface area contributed by atoms with E-state index in [1.54, 1.807) is 34.9 Å². The molecule has 2 aromatic carbocycles. The number of amides is 1. The largest absolute Gasteiger partial charge is 0.546 e. The molecule has 0 saturated carbocycles. The summed E-state index contributed by atoms with van der Waals surface area (Å²) in [6.07, 6.45) is 1.44. The van der Waals surface area contributed by atoms with Gasteiger partial charge < -0.3 is 24.9 Å². The van der Waals surface area contributed by atoms with Crippen molar-refractivity contribution in [3.8, 4) is 17.3 Å². The predicted octanol–water partition coefficient (Wildman–Crippen LogP) is -0.0525. The Morgan fingerprint density at radius 2 is 1.97 bits per heavy atom. The van der Waals surface area contributed by atoms with Gasteiger partial charge in [-0.25, -0.2) is 15.0 Å². The molecule has 0 saturated heterocycles. The van der Waals surface area contributed by atoms with Gasteiger partial charge in [-0.3, -0.25) is 4.79 Å². The number of carbonyl (C=O) groups is 2. The van der Waals surface area contributed by atoms with Crippen molar-refractivity contribution < 1.29 is 24.1 Å². The van der Waals surface area contributed by atoms with Crippen molar-refractivity contribution >= 4 is 34.9 Å². The molecule has 0 aliphatic rings. The summed E-state index contributed by atoms with van der Waals surface area (Å²) in [6.45, 7) is -0.639. The number of anilines is 1. The van der Waals surface area contributed by atoms with E-state index < -0.39 is 18.5 Å². The maximum absolute atomic E-state index is 12.5. The number of aliphatic carboxylic acids is 1. The van der Waals surface area contributed by atoms with Crippen molar-refractivity contribution in [2.45, 2.75) is 6.54 Å². The predicted molar refractivity (Wildman–Crippen MR) is 110 cm³/mol. The molecular weight excluding hydrogens is 418 g/mol. The molecule has 0 spiro atoms. The van der Waals surface area contributed by atoms with Gasteiger partial charge in [-0.1, -0.05) is 12.1 Å². The normalized spacial score (nSPS) is 11.1. The number of carbonyl (C=O) groups excluding carboxylic acids is 2. The average Bonchev–Trinajstić information content (AvgIpc) is 3.36. The van der Waals surface area contributed by atoms with E-state index in [0.29, 0.717) is 28.2 Å². The quantitative estimate of drug-likeness (QED) is 0.284. The van der Waals surface area contributed by atoms with Crippen molar-refractivity contribution in [3.63, 3.8) is 0 Å². The summed E-state index contributed by atoms with van der Waals surface area (Å²) in [5.74, 6) is -0.941. The fourth-order valence-electron chi connectivity index (χ4n) is 2.92. The molecule has 0 aliphatic carbocycles. The number of benzene rings is 2. The third-order valence-corrected chi connectivity index (χ3v) is 4.32. The van der Waals surface area contributed by atoms with E-state index in [4.69, 9.17) is 10.5 Å². The van der Waals surface area contributed by atoms with Crippen LogP contribution in [-0.4, -0.2) is 44.6 Å². The number of aromatic nitrogens is 4. The summed E-state index contributed by atoms with van der Waals surface area (Å²) in [5.41, 5.74) is 10.5. The SMILES string of the molecule is Nc1nonc1-c1nc2ccccc2n1CC(=O)NN=Cc1ccc(OCC(=O)[O-])cc1. The number of ether oxygens (including phenoxy) is 1. The number of fused-ring (bicyclic) bond motifs is 1. The Morgan fingerprint density at radius 1 is 1.19 bits per heavy atom. The zero-order chi connectivity index (χ0) is 22.5. The topological polar surface area (TPSA) is 174 Å². The number of imidazole rings is 1. The summed E-state index contributed by atoms with van der Waals surface area (Å²) in [7, 11) is 0. The standard InChI is InChI=1S/C20H17N7O5/c21-19-18(25-32-26-19)20-23-14-3-1-2-4-15(14)27(20)10-16(28)24-22-9-12-5-7-13(8-6-12)31-11-17(29)30/h1-9H,10-11H2,(H2,21,26)(H,24,28)(H,29,30)/p-1. The molecule has 4 aromatic rings. The highest BCUT2D eigenvalue weighted by molar-refractivity contribution is 5.86. The number of para-hydroxylation sites is 2. The summed E-state index contributed by atoms with van der Waals surface area (Å²) in [6, 6.07) is 13.7. The van der Waals surface area contributed by atoms with E-state index in [1.165, 1.54) is 6.21 Å². The van der Waals surface area contributed by atoms with E-state index in [1.807, 2.05) is 18.2 Å². The van der Waals surface area contributed by atoms with Gasteiger partial charge in [-0.15, -0.1) is 0 Å². The lowest BCUT2D eigenvalue weighted by molar-refractivity contribution is -0.307.